The second-order valence-corrected chi connectivity index (χ2v) is 6.45. The first-order chi connectivity index (χ1) is 10.6. The highest BCUT2D eigenvalue weighted by atomic mass is 16.5. The van der Waals surface area contributed by atoms with E-state index in [-0.39, 0.29) is 30.1 Å². The van der Waals surface area contributed by atoms with Crippen LogP contribution in [0.4, 0.5) is 0 Å². The van der Waals surface area contributed by atoms with Crippen molar-refractivity contribution < 1.29 is 14.3 Å². The Balaban J connectivity index is 1.87. The van der Waals surface area contributed by atoms with Crippen molar-refractivity contribution in [1.82, 2.24) is 15.1 Å². The van der Waals surface area contributed by atoms with E-state index in [1.54, 1.807) is 0 Å². The number of nitrogens with one attached hydrogen (secondary N) is 1. The highest BCUT2D eigenvalue weighted by molar-refractivity contribution is 5.82. The van der Waals surface area contributed by atoms with E-state index in [1.807, 2.05) is 16.7 Å². The predicted octanol–water partition coefficient (Wildman–Crippen LogP) is -0.330. The molecule has 0 bridgehead atoms. The molecule has 3 rings (SSSR count). The number of amides is 1. The molecule has 7 heteroatoms. The van der Waals surface area contributed by atoms with Gasteiger partial charge in [-0.15, -0.1) is 0 Å². The Bertz CT molecular complexity index is 458. The van der Waals surface area contributed by atoms with Gasteiger partial charge in [0.2, 0.25) is 5.91 Å². The van der Waals surface area contributed by atoms with Crippen LogP contribution in [-0.4, -0.2) is 60.4 Å². The van der Waals surface area contributed by atoms with Gasteiger partial charge in [0.25, 0.3) is 0 Å². The third-order valence-corrected chi connectivity index (χ3v) is 5.38. The number of hydrogen-bond acceptors (Lipinski definition) is 6. The molecule has 3 aliphatic rings. The van der Waals surface area contributed by atoms with Crippen LogP contribution in [0.3, 0.4) is 0 Å². The van der Waals surface area contributed by atoms with Gasteiger partial charge in [-0.05, 0) is 32.2 Å². The minimum absolute atomic E-state index is 0.0762. The summed E-state index contributed by atoms with van der Waals surface area (Å²) < 4.78 is 4.88. The minimum atomic E-state index is -0.446. The number of carbonyl (C=O) groups is 2. The lowest BCUT2D eigenvalue weighted by Crippen LogP contribution is -2.74. The lowest BCUT2D eigenvalue weighted by molar-refractivity contribution is -0.167. The molecule has 0 aromatic heterocycles. The lowest BCUT2D eigenvalue weighted by atomic mass is 9.81. The molecular formula is C15H26N4O3. The van der Waals surface area contributed by atoms with Gasteiger partial charge in [-0.2, -0.15) is 0 Å². The smallest absolute Gasteiger partial charge is 0.311 e. The van der Waals surface area contributed by atoms with Crippen LogP contribution in [0.5, 0.6) is 0 Å². The number of fused-ring (bicyclic) bond motifs is 2. The van der Waals surface area contributed by atoms with Crippen molar-refractivity contribution in [1.29, 1.82) is 0 Å². The van der Waals surface area contributed by atoms with Gasteiger partial charge in [0.15, 0.2) is 0 Å². The zero-order chi connectivity index (χ0) is 15.9. The van der Waals surface area contributed by atoms with E-state index in [0.29, 0.717) is 13.0 Å². The van der Waals surface area contributed by atoms with E-state index in [9.17, 15) is 9.59 Å². The summed E-state index contributed by atoms with van der Waals surface area (Å²) >= 11 is 0. The summed E-state index contributed by atoms with van der Waals surface area (Å²) in [6.45, 7) is 3.51. The molecule has 0 aromatic carbocycles. The summed E-state index contributed by atoms with van der Waals surface area (Å²) in [6, 6.07) is 0. The van der Waals surface area contributed by atoms with Crippen molar-refractivity contribution in [3.8, 4) is 0 Å². The minimum Gasteiger partial charge on any atom is -0.469 e. The van der Waals surface area contributed by atoms with Crippen LogP contribution in [0, 0.1) is 11.8 Å². The highest BCUT2D eigenvalue weighted by Crippen LogP contribution is 2.36. The molecule has 0 aliphatic carbocycles. The third-order valence-electron chi connectivity index (χ3n) is 5.38. The van der Waals surface area contributed by atoms with Crippen LogP contribution in [-0.2, 0) is 14.3 Å². The first kappa shape index (κ1) is 15.7. The largest absolute Gasteiger partial charge is 0.469 e. The van der Waals surface area contributed by atoms with Gasteiger partial charge in [0.05, 0.1) is 37.4 Å². The van der Waals surface area contributed by atoms with Crippen LogP contribution in [0.15, 0.2) is 0 Å². The molecule has 3 fully saturated rings. The highest BCUT2D eigenvalue weighted by Gasteiger charge is 2.52. The van der Waals surface area contributed by atoms with Crippen LogP contribution in [0.2, 0.25) is 0 Å². The third kappa shape index (κ3) is 2.41. The molecule has 0 radical (unpaired) electrons. The summed E-state index contributed by atoms with van der Waals surface area (Å²) in [6.07, 6.45) is 3.27. The topological polar surface area (TPSA) is 87.9 Å². The molecule has 5 unspecified atom stereocenters. The van der Waals surface area contributed by atoms with Gasteiger partial charge in [-0.1, -0.05) is 6.92 Å². The van der Waals surface area contributed by atoms with Crippen molar-refractivity contribution in [2.24, 2.45) is 17.6 Å². The summed E-state index contributed by atoms with van der Waals surface area (Å²) in [7, 11) is 1.37. The molecule has 3 aliphatic heterocycles. The number of esters is 1. The molecule has 0 saturated carbocycles. The molecule has 22 heavy (non-hydrogen) atoms. The lowest BCUT2D eigenvalue weighted by Gasteiger charge is -2.54. The van der Waals surface area contributed by atoms with Crippen LogP contribution in [0.1, 0.15) is 32.6 Å². The van der Waals surface area contributed by atoms with Gasteiger partial charge >= 0.3 is 5.97 Å². The first-order valence-electron chi connectivity index (χ1n) is 8.24. The van der Waals surface area contributed by atoms with Gasteiger partial charge in [-0.3, -0.25) is 19.8 Å². The Kier molecular flexibility index (Phi) is 4.38. The molecule has 3 saturated heterocycles. The molecular weight excluding hydrogens is 284 g/mol. The average molecular weight is 310 g/mol. The van der Waals surface area contributed by atoms with E-state index in [2.05, 4.69) is 5.32 Å². The second-order valence-electron chi connectivity index (χ2n) is 6.45. The number of likely N-dealkylation sites (tertiary alicyclic amines) is 1. The number of methoxy groups -OCH3 is 1. The zero-order valence-corrected chi connectivity index (χ0v) is 13.3. The number of piperidine rings is 2. The molecule has 0 aromatic rings. The fourth-order valence-corrected chi connectivity index (χ4v) is 4.21. The molecule has 3 heterocycles. The van der Waals surface area contributed by atoms with Crippen molar-refractivity contribution >= 4 is 11.9 Å². The Labute approximate surface area is 131 Å². The number of nitrogens with two attached hydrogens (primary N) is 1. The maximum atomic E-state index is 12.9. The van der Waals surface area contributed by atoms with Crippen LogP contribution >= 0.6 is 0 Å². The number of carbonyl (C=O) groups excluding carboxylic acids is 2. The van der Waals surface area contributed by atoms with E-state index in [4.69, 9.17) is 10.5 Å². The number of hydrogen-bond donors (Lipinski definition) is 2. The van der Waals surface area contributed by atoms with E-state index in [1.165, 1.54) is 7.11 Å². The molecule has 7 nitrogen and oxygen atoms in total. The van der Waals surface area contributed by atoms with E-state index in [0.717, 1.165) is 25.8 Å². The maximum absolute atomic E-state index is 12.9. The average Bonchev–Trinajstić information content (AvgIpc) is 2.54. The zero-order valence-electron chi connectivity index (χ0n) is 13.3. The SMILES string of the molecule is CCN1C(N)C(C(=O)OC)CC2C(=O)N3CCCCC3NC21. The maximum Gasteiger partial charge on any atom is 0.311 e. The molecule has 1 amide bonds. The van der Waals surface area contributed by atoms with Gasteiger partial charge in [0, 0.05) is 6.54 Å². The number of ether oxygens (including phenoxy) is 1. The van der Waals surface area contributed by atoms with Crippen molar-refractivity contribution in [3.63, 3.8) is 0 Å². The Morgan fingerprint density at radius 1 is 1.45 bits per heavy atom. The normalized spacial score (nSPS) is 39.1. The Morgan fingerprint density at radius 2 is 2.23 bits per heavy atom. The summed E-state index contributed by atoms with van der Waals surface area (Å²) in [5, 5.41) is 3.60. The van der Waals surface area contributed by atoms with E-state index >= 15 is 0 Å². The summed E-state index contributed by atoms with van der Waals surface area (Å²) in [4.78, 5) is 28.9. The van der Waals surface area contributed by atoms with Gasteiger partial charge < -0.3 is 15.4 Å². The van der Waals surface area contributed by atoms with Crippen molar-refractivity contribution in [3.05, 3.63) is 0 Å². The van der Waals surface area contributed by atoms with Crippen molar-refractivity contribution in [2.75, 3.05) is 20.2 Å². The quantitative estimate of drug-likeness (QED) is 0.679. The Hall–Kier alpha value is -1.18. The fraction of sp³-hybridized carbons (Fsp3) is 0.867. The Morgan fingerprint density at radius 3 is 2.91 bits per heavy atom. The van der Waals surface area contributed by atoms with Crippen LogP contribution in [0.25, 0.3) is 0 Å². The molecule has 5 atom stereocenters. The summed E-state index contributed by atoms with van der Waals surface area (Å²) in [5.41, 5.74) is 6.29. The fourth-order valence-electron chi connectivity index (χ4n) is 4.21. The number of nitrogens with zero attached hydrogens (tertiary/aromatic N) is 2. The van der Waals surface area contributed by atoms with Gasteiger partial charge in [-0.25, -0.2) is 0 Å². The monoisotopic (exact) mass is 310 g/mol. The van der Waals surface area contributed by atoms with Gasteiger partial charge in [0.1, 0.15) is 0 Å². The van der Waals surface area contributed by atoms with Crippen molar-refractivity contribution in [2.45, 2.75) is 51.1 Å². The predicted molar refractivity (Wildman–Crippen MR) is 80.2 cm³/mol. The van der Waals surface area contributed by atoms with E-state index < -0.39 is 12.1 Å². The standard InChI is InChI=1S/C15H26N4O3/c1-3-18-12(16)9(15(21)22-2)8-10-13(18)17-11-6-4-5-7-19(11)14(10)20/h9-13,17H,3-8,16H2,1-2H3. The number of rotatable bonds is 2. The summed E-state index contributed by atoms with van der Waals surface area (Å²) in [5.74, 6) is -0.831. The second kappa shape index (κ2) is 6.14. The molecule has 0 spiro atoms. The molecule has 124 valence electrons. The van der Waals surface area contributed by atoms with Crippen LogP contribution < -0.4 is 11.1 Å². The first-order valence-corrected chi connectivity index (χ1v) is 8.24. The molecule has 3 N–H and O–H groups in total.